The number of carbonyl (C=O) groups is 1. The van der Waals surface area contributed by atoms with Gasteiger partial charge in [0.05, 0.1) is 24.9 Å². The standard InChI is InChI=1S/C17H16O6S/c1-10-6-14-13-5-4-12(21-2)7-11(13)9-24(19,20)16(14)8-15(10)23-17(18)22-3/h4-8H,9H2,1-3H3. The van der Waals surface area contributed by atoms with E-state index in [9.17, 15) is 13.2 Å². The van der Waals surface area contributed by atoms with Crippen LogP contribution in [0.5, 0.6) is 11.5 Å². The van der Waals surface area contributed by atoms with E-state index in [4.69, 9.17) is 9.47 Å². The summed E-state index contributed by atoms with van der Waals surface area (Å²) in [5.74, 6) is 0.642. The molecule has 1 aliphatic rings. The van der Waals surface area contributed by atoms with Gasteiger partial charge in [0.25, 0.3) is 0 Å². The van der Waals surface area contributed by atoms with Gasteiger partial charge in [-0.3, -0.25) is 0 Å². The Balaban J connectivity index is 2.20. The van der Waals surface area contributed by atoms with E-state index in [0.29, 0.717) is 22.4 Å². The lowest BCUT2D eigenvalue weighted by molar-refractivity contribution is 0.121. The van der Waals surface area contributed by atoms with E-state index < -0.39 is 16.0 Å². The molecule has 7 heteroatoms. The third-order valence-corrected chi connectivity index (χ3v) is 5.62. The molecule has 0 saturated carbocycles. The Morgan fingerprint density at radius 1 is 1.08 bits per heavy atom. The molecule has 0 radical (unpaired) electrons. The summed E-state index contributed by atoms with van der Waals surface area (Å²) in [6.45, 7) is 1.74. The van der Waals surface area contributed by atoms with Gasteiger partial charge in [-0.05, 0) is 41.8 Å². The molecule has 0 spiro atoms. The molecule has 2 aromatic rings. The third-order valence-electron chi connectivity index (χ3n) is 3.92. The van der Waals surface area contributed by atoms with Crippen LogP contribution < -0.4 is 9.47 Å². The number of ether oxygens (including phenoxy) is 3. The fourth-order valence-corrected chi connectivity index (χ4v) is 4.33. The van der Waals surface area contributed by atoms with Crippen molar-refractivity contribution in [2.45, 2.75) is 17.6 Å². The van der Waals surface area contributed by atoms with Crippen molar-refractivity contribution in [3.63, 3.8) is 0 Å². The first-order valence-corrected chi connectivity index (χ1v) is 8.81. The smallest absolute Gasteiger partial charge is 0.497 e. The topological polar surface area (TPSA) is 78.9 Å². The van der Waals surface area contributed by atoms with Crippen LogP contribution in [0, 0.1) is 6.92 Å². The van der Waals surface area contributed by atoms with Gasteiger partial charge in [0.15, 0.2) is 9.84 Å². The maximum absolute atomic E-state index is 12.6. The highest BCUT2D eigenvalue weighted by Gasteiger charge is 2.30. The van der Waals surface area contributed by atoms with Gasteiger partial charge in [0.2, 0.25) is 0 Å². The monoisotopic (exact) mass is 348 g/mol. The number of carbonyl (C=O) groups excluding carboxylic acids is 1. The number of sulfone groups is 1. The summed E-state index contributed by atoms with van der Waals surface area (Å²) in [6.07, 6.45) is -0.892. The van der Waals surface area contributed by atoms with Crippen LogP contribution in [0.1, 0.15) is 11.1 Å². The van der Waals surface area contributed by atoms with Crippen LogP contribution in [0.3, 0.4) is 0 Å². The van der Waals surface area contributed by atoms with Crippen LogP contribution in [-0.4, -0.2) is 28.8 Å². The van der Waals surface area contributed by atoms with Gasteiger partial charge in [0, 0.05) is 11.6 Å². The number of hydrogen-bond donors (Lipinski definition) is 0. The van der Waals surface area contributed by atoms with Gasteiger partial charge in [-0.1, -0.05) is 6.07 Å². The average Bonchev–Trinajstić information content (AvgIpc) is 2.55. The highest BCUT2D eigenvalue weighted by atomic mass is 32.2. The van der Waals surface area contributed by atoms with Crippen molar-refractivity contribution in [2.75, 3.05) is 14.2 Å². The highest BCUT2D eigenvalue weighted by molar-refractivity contribution is 7.90. The van der Waals surface area contributed by atoms with Gasteiger partial charge in [0.1, 0.15) is 11.5 Å². The largest absolute Gasteiger partial charge is 0.513 e. The number of fused-ring (bicyclic) bond motifs is 3. The number of rotatable bonds is 2. The second kappa shape index (κ2) is 5.83. The molecule has 1 aliphatic heterocycles. The Bertz CT molecular complexity index is 930. The fourth-order valence-electron chi connectivity index (χ4n) is 2.74. The van der Waals surface area contributed by atoms with E-state index in [-0.39, 0.29) is 16.4 Å². The SMILES string of the molecule is COC(=O)Oc1cc2c(cc1C)-c1ccc(OC)cc1CS2(=O)=O. The Morgan fingerprint density at radius 3 is 2.50 bits per heavy atom. The van der Waals surface area contributed by atoms with Crippen LogP contribution >= 0.6 is 0 Å². The van der Waals surface area contributed by atoms with E-state index in [0.717, 1.165) is 5.56 Å². The first kappa shape index (κ1) is 16.3. The summed E-state index contributed by atoms with van der Waals surface area (Å²) in [4.78, 5) is 11.5. The van der Waals surface area contributed by atoms with E-state index in [1.54, 1.807) is 25.1 Å². The molecule has 0 amide bonds. The summed E-state index contributed by atoms with van der Waals surface area (Å²) in [6, 6.07) is 8.43. The summed E-state index contributed by atoms with van der Waals surface area (Å²) < 4.78 is 39.9. The van der Waals surface area contributed by atoms with Crippen molar-refractivity contribution < 1.29 is 27.4 Å². The molecular formula is C17H16O6S. The molecule has 0 saturated heterocycles. The molecule has 0 bridgehead atoms. The molecule has 0 atom stereocenters. The van der Waals surface area contributed by atoms with Crippen molar-refractivity contribution in [3.05, 3.63) is 41.5 Å². The van der Waals surface area contributed by atoms with Crippen molar-refractivity contribution in [1.82, 2.24) is 0 Å². The molecule has 24 heavy (non-hydrogen) atoms. The van der Waals surface area contributed by atoms with E-state index in [1.807, 2.05) is 6.07 Å². The zero-order chi connectivity index (χ0) is 17.5. The molecule has 6 nitrogen and oxygen atoms in total. The van der Waals surface area contributed by atoms with Gasteiger partial charge >= 0.3 is 6.16 Å². The highest BCUT2D eigenvalue weighted by Crippen LogP contribution is 2.42. The predicted molar refractivity (Wildman–Crippen MR) is 87.1 cm³/mol. The molecule has 3 rings (SSSR count). The van der Waals surface area contributed by atoms with E-state index in [1.165, 1.54) is 20.3 Å². The summed E-state index contributed by atoms with van der Waals surface area (Å²) in [5, 5.41) is 0. The quantitative estimate of drug-likeness (QED) is 0.613. The number of aryl methyl sites for hydroxylation is 1. The van der Waals surface area contributed by atoms with Crippen LogP contribution in [0.2, 0.25) is 0 Å². The average molecular weight is 348 g/mol. The second-order valence-electron chi connectivity index (χ2n) is 5.45. The first-order chi connectivity index (χ1) is 11.4. The second-order valence-corrected chi connectivity index (χ2v) is 7.41. The number of methoxy groups -OCH3 is 2. The lowest BCUT2D eigenvalue weighted by atomic mass is 9.98. The minimum atomic E-state index is -3.55. The van der Waals surface area contributed by atoms with Crippen LogP contribution in [0.25, 0.3) is 11.1 Å². The van der Waals surface area contributed by atoms with Crippen LogP contribution in [0.4, 0.5) is 4.79 Å². The Morgan fingerprint density at radius 2 is 1.83 bits per heavy atom. The van der Waals surface area contributed by atoms with Gasteiger partial charge in [-0.25, -0.2) is 13.2 Å². The Kier molecular flexibility index (Phi) is 3.96. The molecule has 0 N–H and O–H groups in total. The summed E-state index contributed by atoms with van der Waals surface area (Å²) >= 11 is 0. The van der Waals surface area contributed by atoms with Crippen molar-refractivity contribution in [2.24, 2.45) is 0 Å². The van der Waals surface area contributed by atoms with E-state index >= 15 is 0 Å². The number of benzene rings is 2. The van der Waals surface area contributed by atoms with Gasteiger partial charge in [-0.2, -0.15) is 0 Å². The van der Waals surface area contributed by atoms with Crippen LogP contribution in [-0.2, 0) is 20.3 Å². The molecular weight excluding hydrogens is 332 g/mol. The minimum Gasteiger partial charge on any atom is -0.497 e. The van der Waals surface area contributed by atoms with Gasteiger partial charge in [-0.15, -0.1) is 0 Å². The van der Waals surface area contributed by atoms with Gasteiger partial charge < -0.3 is 14.2 Å². The third kappa shape index (κ3) is 2.71. The predicted octanol–water partition coefficient (Wildman–Crippen LogP) is 3.10. The van der Waals surface area contributed by atoms with Crippen molar-refractivity contribution in [1.29, 1.82) is 0 Å². The normalized spacial score (nSPS) is 14.3. The minimum absolute atomic E-state index is 0.132. The lowest BCUT2D eigenvalue weighted by Crippen LogP contribution is -2.15. The zero-order valence-corrected chi connectivity index (χ0v) is 14.3. The molecule has 126 valence electrons. The van der Waals surface area contributed by atoms with E-state index in [2.05, 4.69) is 4.74 Å². The molecule has 0 aromatic heterocycles. The Hall–Kier alpha value is -2.54. The lowest BCUT2D eigenvalue weighted by Gasteiger charge is -2.22. The number of hydrogen-bond acceptors (Lipinski definition) is 6. The van der Waals surface area contributed by atoms with Crippen LogP contribution in [0.15, 0.2) is 35.2 Å². The molecule has 0 aliphatic carbocycles. The maximum atomic E-state index is 12.6. The molecule has 2 aromatic carbocycles. The molecule has 0 fully saturated rings. The first-order valence-electron chi connectivity index (χ1n) is 7.16. The summed E-state index contributed by atoms with van der Waals surface area (Å²) in [7, 11) is -0.824. The van der Waals surface area contributed by atoms with Crippen molar-refractivity contribution >= 4 is 16.0 Å². The zero-order valence-electron chi connectivity index (χ0n) is 13.5. The maximum Gasteiger partial charge on any atom is 0.513 e. The molecule has 1 heterocycles. The summed E-state index contributed by atoms with van der Waals surface area (Å²) in [5.41, 5.74) is 2.74. The molecule has 0 unspecified atom stereocenters. The fraction of sp³-hybridized carbons (Fsp3) is 0.235. The van der Waals surface area contributed by atoms with Crippen molar-refractivity contribution in [3.8, 4) is 22.6 Å². The Labute approximate surface area is 139 Å².